The molecule has 0 aromatic heterocycles. The zero-order valence-electron chi connectivity index (χ0n) is 18.5. The molecule has 0 aliphatic carbocycles. The number of para-hydroxylation sites is 1. The largest absolute Gasteiger partial charge is 0.480 e. The molecule has 0 unspecified atom stereocenters. The van der Waals surface area contributed by atoms with Crippen molar-refractivity contribution in [1.82, 2.24) is 0 Å². The molecule has 172 valence electrons. The molecule has 1 N–H and O–H groups in total. The van der Waals surface area contributed by atoms with Crippen molar-refractivity contribution in [3.63, 3.8) is 0 Å². The fraction of sp³-hybridized carbons (Fsp3) is 0.423. The van der Waals surface area contributed by atoms with Gasteiger partial charge in [0.25, 0.3) is 0 Å². The number of carbonyl (C=O) groups is 1. The first kappa shape index (κ1) is 24.8. The number of carboxylic acids is 1. The van der Waals surface area contributed by atoms with E-state index >= 15 is 0 Å². The summed E-state index contributed by atoms with van der Waals surface area (Å²) in [7, 11) is 0. The van der Waals surface area contributed by atoms with Crippen LogP contribution in [0.4, 0.5) is 0 Å². The van der Waals surface area contributed by atoms with Crippen LogP contribution in [0.5, 0.6) is 5.75 Å². The molecular weight excluding hydrogens is 492 g/mol. The Hall–Kier alpha value is -1.82. The van der Waals surface area contributed by atoms with Gasteiger partial charge in [-0.25, -0.2) is 4.79 Å². The molecule has 3 rings (SSSR count). The first-order chi connectivity index (χ1) is 15.3. The maximum Gasteiger partial charge on any atom is 0.341 e. The van der Waals surface area contributed by atoms with E-state index in [1.54, 1.807) is 0 Å². The van der Waals surface area contributed by atoms with Crippen LogP contribution in [0.1, 0.15) is 62.7 Å². The van der Waals surface area contributed by atoms with Gasteiger partial charge in [-0.2, -0.15) is 0 Å². The second kappa shape index (κ2) is 11.4. The highest BCUT2D eigenvalue weighted by molar-refractivity contribution is 9.10. The van der Waals surface area contributed by atoms with Gasteiger partial charge in [0.15, 0.2) is 6.61 Å². The first-order valence-electron chi connectivity index (χ1n) is 11.0. The first-order valence-corrected chi connectivity index (χ1v) is 12.2. The SMILES string of the molecule is C=C(C)[C@@H]1C[C@H](c2ccc(Cl)cc2)[C@H](CCCC)O[C@@H]1c1cccc(Br)c1OCC(=O)O. The maximum absolute atomic E-state index is 11.1. The van der Waals surface area contributed by atoms with Gasteiger partial charge in [0.1, 0.15) is 5.75 Å². The zero-order valence-corrected chi connectivity index (χ0v) is 20.9. The molecule has 32 heavy (non-hydrogen) atoms. The van der Waals surface area contributed by atoms with Crippen molar-refractivity contribution in [3.05, 3.63) is 75.2 Å². The minimum absolute atomic E-state index is 0.0306. The van der Waals surface area contributed by atoms with Crippen molar-refractivity contribution in [2.75, 3.05) is 6.61 Å². The molecule has 1 heterocycles. The van der Waals surface area contributed by atoms with Crippen LogP contribution >= 0.6 is 27.5 Å². The number of rotatable bonds is 9. The van der Waals surface area contributed by atoms with Gasteiger partial charge in [0, 0.05) is 22.4 Å². The highest BCUT2D eigenvalue weighted by atomic mass is 79.9. The van der Waals surface area contributed by atoms with Gasteiger partial charge in [0.05, 0.1) is 16.7 Å². The lowest BCUT2D eigenvalue weighted by Gasteiger charge is -2.43. The molecule has 6 heteroatoms. The second-order valence-corrected chi connectivity index (χ2v) is 9.72. The van der Waals surface area contributed by atoms with Gasteiger partial charge in [-0.3, -0.25) is 0 Å². The number of aliphatic carboxylic acids is 1. The molecule has 0 spiro atoms. The fourth-order valence-electron chi connectivity index (χ4n) is 4.45. The number of halogens is 2. The third-order valence-corrected chi connectivity index (χ3v) is 6.94. The van der Waals surface area contributed by atoms with Crippen LogP contribution in [-0.2, 0) is 9.53 Å². The molecule has 1 aliphatic heterocycles. The van der Waals surface area contributed by atoms with E-state index in [1.165, 1.54) is 5.56 Å². The fourth-order valence-corrected chi connectivity index (χ4v) is 5.07. The predicted octanol–water partition coefficient (Wildman–Crippen LogP) is 7.56. The van der Waals surface area contributed by atoms with Crippen molar-refractivity contribution in [1.29, 1.82) is 0 Å². The van der Waals surface area contributed by atoms with E-state index < -0.39 is 12.6 Å². The van der Waals surface area contributed by atoms with Crippen LogP contribution in [0.3, 0.4) is 0 Å². The van der Waals surface area contributed by atoms with Crippen molar-refractivity contribution in [2.45, 2.75) is 57.7 Å². The standard InChI is InChI=1S/C26H30BrClO4/c1-4-5-9-23-21(17-10-12-18(28)13-11-17)14-20(16(2)3)25(32-23)19-7-6-8-22(27)26(19)31-15-24(29)30/h6-8,10-13,20-21,23,25H,2,4-5,9,14-15H2,1,3H3,(H,29,30)/t20-,21+,23-,25+/m0/s1. The lowest BCUT2D eigenvalue weighted by molar-refractivity contribution is -0.139. The monoisotopic (exact) mass is 520 g/mol. The van der Waals surface area contributed by atoms with Crippen LogP contribution in [0.15, 0.2) is 59.1 Å². The molecule has 2 aromatic rings. The zero-order chi connectivity index (χ0) is 23.3. The summed E-state index contributed by atoms with van der Waals surface area (Å²) in [6, 6.07) is 13.8. The molecular formula is C26H30BrClO4. The van der Waals surface area contributed by atoms with Crippen molar-refractivity contribution < 1.29 is 19.4 Å². The van der Waals surface area contributed by atoms with E-state index in [2.05, 4.69) is 41.6 Å². The quantitative estimate of drug-likeness (QED) is 0.346. The molecule has 1 aliphatic rings. The van der Waals surface area contributed by atoms with Gasteiger partial charge < -0.3 is 14.6 Å². The van der Waals surface area contributed by atoms with Crippen LogP contribution in [0, 0.1) is 5.92 Å². The maximum atomic E-state index is 11.1. The Morgan fingerprint density at radius 3 is 2.62 bits per heavy atom. The van der Waals surface area contributed by atoms with E-state index in [4.69, 9.17) is 26.2 Å². The van der Waals surface area contributed by atoms with Crippen molar-refractivity contribution in [2.24, 2.45) is 5.92 Å². The van der Waals surface area contributed by atoms with Crippen molar-refractivity contribution >= 4 is 33.5 Å². The summed E-state index contributed by atoms with van der Waals surface area (Å²) in [5, 5.41) is 9.85. The molecule has 4 atom stereocenters. The lowest BCUT2D eigenvalue weighted by atomic mass is 9.74. The summed E-state index contributed by atoms with van der Waals surface area (Å²) in [4.78, 5) is 11.1. The number of carboxylic acid groups (broad SMARTS) is 1. The molecule has 1 fully saturated rings. The third-order valence-electron chi connectivity index (χ3n) is 6.06. The number of hydrogen-bond acceptors (Lipinski definition) is 3. The summed E-state index contributed by atoms with van der Waals surface area (Å²) < 4.78 is 13.2. The van der Waals surface area contributed by atoms with Gasteiger partial charge in [-0.15, -0.1) is 0 Å². The number of ether oxygens (including phenoxy) is 2. The number of hydrogen-bond donors (Lipinski definition) is 1. The lowest BCUT2D eigenvalue weighted by Crippen LogP contribution is -2.36. The van der Waals surface area contributed by atoms with E-state index in [9.17, 15) is 4.79 Å². The highest BCUT2D eigenvalue weighted by Crippen LogP contribution is 2.50. The molecule has 1 saturated heterocycles. The van der Waals surface area contributed by atoms with E-state index in [0.717, 1.165) is 41.8 Å². The minimum Gasteiger partial charge on any atom is -0.480 e. The Morgan fingerprint density at radius 2 is 2.00 bits per heavy atom. The Kier molecular flexibility index (Phi) is 8.80. The molecule has 0 bridgehead atoms. The second-order valence-electron chi connectivity index (χ2n) is 8.42. The predicted molar refractivity (Wildman–Crippen MR) is 132 cm³/mol. The van der Waals surface area contributed by atoms with Gasteiger partial charge >= 0.3 is 5.97 Å². The van der Waals surface area contributed by atoms with E-state index in [1.807, 2.05) is 37.3 Å². The Balaban J connectivity index is 1.99. The Morgan fingerprint density at radius 1 is 1.28 bits per heavy atom. The van der Waals surface area contributed by atoms with Crippen LogP contribution in [-0.4, -0.2) is 23.8 Å². The minimum atomic E-state index is -1.02. The highest BCUT2D eigenvalue weighted by Gasteiger charge is 2.40. The van der Waals surface area contributed by atoms with Crippen LogP contribution in [0.2, 0.25) is 5.02 Å². The summed E-state index contributed by atoms with van der Waals surface area (Å²) in [5.41, 5.74) is 3.11. The summed E-state index contributed by atoms with van der Waals surface area (Å²) in [5.74, 6) is -0.205. The van der Waals surface area contributed by atoms with Gasteiger partial charge in [-0.1, -0.05) is 67.8 Å². The van der Waals surface area contributed by atoms with Crippen LogP contribution in [0.25, 0.3) is 0 Å². The topological polar surface area (TPSA) is 55.8 Å². The number of unbranched alkanes of at least 4 members (excludes halogenated alkanes) is 1. The van der Waals surface area contributed by atoms with Crippen LogP contribution < -0.4 is 4.74 Å². The average molecular weight is 522 g/mol. The Labute approximate surface area is 203 Å². The van der Waals surface area contributed by atoms with E-state index in [-0.39, 0.29) is 24.0 Å². The van der Waals surface area contributed by atoms with Gasteiger partial charge in [0.2, 0.25) is 0 Å². The number of benzene rings is 2. The van der Waals surface area contributed by atoms with E-state index in [0.29, 0.717) is 10.2 Å². The third kappa shape index (κ3) is 5.94. The normalized spacial score (nSPS) is 23.0. The molecule has 0 saturated carbocycles. The van der Waals surface area contributed by atoms with Gasteiger partial charge in [-0.05, 0) is 59.5 Å². The smallest absolute Gasteiger partial charge is 0.341 e. The summed E-state index contributed by atoms with van der Waals surface area (Å²) in [6.45, 7) is 8.06. The molecule has 2 aromatic carbocycles. The van der Waals surface area contributed by atoms with Crippen molar-refractivity contribution in [3.8, 4) is 5.75 Å². The molecule has 0 amide bonds. The summed E-state index contributed by atoms with van der Waals surface area (Å²) >= 11 is 9.66. The average Bonchev–Trinajstić information content (AvgIpc) is 2.76. The Bertz CT molecular complexity index is 943. The molecule has 0 radical (unpaired) electrons. The molecule has 4 nitrogen and oxygen atoms in total. The summed E-state index contributed by atoms with van der Waals surface area (Å²) in [6.07, 6.45) is 3.76.